The zero-order chi connectivity index (χ0) is 27.7. The normalized spacial score (nSPS) is 16.8. The molecule has 1 aliphatic rings. The van der Waals surface area contributed by atoms with Gasteiger partial charge in [-0.05, 0) is 78.9 Å². The maximum atomic E-state index is 12.2. The van der Waals surface area contributed by atoms with Gasteiger partial charge in [0.2, 0.25) is 5.91 Å². The van der Waals surface area contributed by atoms with Crippen molar-refractivity contribution in [2.45, 2.75) is 25.9 Å². The number of halogens is 1. The summed E-state index contributed by atoms with van der Waals surface area (Å²) in [4.78, 5) is 30.2. The number of benzene rings is 2. The lowest BCUT2D eigenvalue weighted by Crippen LogP contribution is -2.30. The van der Waals surface area contributed by atoms with Crippen molar-refractivity contribution in [3.63, 3.8) is 0 Å². The van der Waals surface area contributed by atoms with Crippen LogP contribution in [0.15, 0.2) is 85.2 Å². The van der Waals surface area contributed by atoms with Crippen molar-refractivity contribution in [3.05, 3.63) is 107 Å². The number of carbonyl (C=O) groups is 2. The first-order valence-electron chi connectivity index (χ1n) is 12.4. The molecule has 5 rings (SSSR count). The van der Waals surface area contributed by atoms with Crippen LogP contribution in [-0.2, 0) is 4.79 Å². The summed E-state index contributed by atoms with van der Waals surface area (Å²) >= 11 is 12.5. The van der Waals surface area contributed by atoms with Crippen LogP contribution in [-0.4, -0.2) is 31.6 Å². The van der Waals surface area contributed by atoms with Gasteiger partial charge in [0.05, 0.1) is 28.0 Å². The van der Waals surface area contributed by atoms with E-state index in [0.29, 0.717) is 15.8 Å². The number of thiocarbonyl (C=S) groups is 1. The molecule has 2 atom stereocenters. The summed E-state index contributed by atoms with van der Waals surface area (Å²) < 4.78 is 2.01. The highest BCUT2D eigenvalue weighted by molar-refractivity contribution is 7.80. The van der Waals surface area contributed by atoms with E-state index in [1.807, 2.05) is 65.9 Å². The molecule has 2 aromatic carbocycles. The van der Waals surface area contributed by atoms with E-state index in [-0.39, 0.29) is 29.5 Å². The van der Waals surface area contributed by atoms with Crippen LogP contribution >= 0.6 is 23.8 Å². The Morgan fingerprint density at radius 1 is 1.05 bits per heavy atom. The topological polar surface area (TPSA) is 99.5 Å². The zero-order valence-electron chi connectivity index (χ0n) is 21.2. The molecule has 1 saturated heterocycles. The SMILES string of the molecule is CC(C)C(=O)Nc1ccc(N2C(=S)N[C@H](c3ccccn3)[C@@H]2c2cccn2-c2ccc(C(=O)O)cc2)cc1Cl. The highest BCUT2D eigenvalue weighted by atomic mass is 35.5. The number of carboxylic acid groups (broad SMARTS) is 1. The summed E-state index contributed by atoms with van der Waals surface area (Å²) in [7, 11) is 0. The number of amides is 1. The van der Waals surface area contributed by atoms with Crippen molar-refractivity contribution < 1.29 is 14.7 Å². The van der Waals surface area contributed by atoms with Gasteiger partial charge < -0.3 is 25.2 Å². The lowest BCUT2D eigenvalue weighted by Gasteiger charge is -2.29. The molecule has 0 radical (unpaired) electrons. The summed E-state index contributed by atoms with van der Waals surface area (Å²) in [5, 5.41) is 16.5. The van der Waals surface area contributed by atoms with E-state index in [1.54, 1.807) is 42.6 Å². The van der Waals surface area contributed by atoms with Crippen LogP contribution in [0.25, 0.3) is 5.69 Å². The summed E-state index contributed by atoms with van der Waals surface area (Å²) in [6.07, 6.45) is 3.67. The number of hydrogen-bond acceptors (Lipinski definition) is 4. The number of nitrogens with zero attached hydrogens (tertiary/aromatic N) is 3. The maximum Gasteiger partial charge on any atom is 0.335 e. The van der Waals surface area contributed by atoms with Gasteiger partial charge in [0.1, 0.15) is 6.04 Å². The second kappa shape index (κ2) is 10.9. The monoisotopic (exact) mass is 559 g/mol. The Morgan fingerprint density at radius 3 is 2.44 bits per heavy atom. The van der Waals surface area contributed by atoms with E-state index in [0.717, 1.165) is 22.8 Å². The lowest BCUT2D eigenvalue weighted by atomic mass is 10.0. The van der Waals surface area contributed by atoms with Crippen LogP contribution in [0.5, 0.6) is 0 Å². The molecule has 1 aliphatic heterocycles. The largest absolute Gasteiger partial charge is 0.478 e. The molecule has 2 aromatic heterocycles. The molecule has 1 amide bonds. The third kappa shape index (κ3) is 5.23. The van der Waals surface area contributed by atoms with Crippen molar-refractivity contribution in [2.24, 2.45) is 5.92 Å². The van der Waals surface area contributed by atoms with Crippen LogP contribution in [0.4, 0.5) is 11.4 Å². The van der Waals surface area contributed by atoms with Crippen LogP contribution < -0.4 is 15.5 Å². The molecule has 8 nitrogen and oxygen atoms in total. The molecule has 0 saturated carbocycles. The predicted octanol–water partition coefficient (Wildman–Crippen LogP) is 6.00. The van der Waals surface area contributed by atoms with E-state index in [4.69, 9.17) is 23.8 Å². The molecule has 0 unspecified atom stereocenters. The third-order valence-corrected chi connectivity index (χ3v) is 7.21. The Hall–Kier alpha value is -4.21. The van der Waals surface area contributed by atoms with Gasteiger partial charge in [0.15, 0.2) is 5.11 Å². The molecule has 0 spiro atoms. The Kier molecular flexibility index (Phi) is 7.36. The standard InChI is InChI=1S/C29H26ClN5O3S/c1-17(2)27(36)32-22-13-12-20(16-21(22)30)35-26(25(33-29(35)39)23-6-3-4-14-31-23)24-7-5-15-34(24)19-10-8-18(9-11-19)28(37)38/h3-17,25-26H,1-2H3,(H,32,36)(H,33,39)(H,37,38)/t25-,26+/m1/s1. The van der Waals surface area contributed by atoms with Crippen molar-refractivity contribution in [1.29, 1.82) is 0 Å². The van der Waals surface area contributed by atoms with Crippen LogP contribution in [0, 0.1) is 5.92 Å². The minimum absolute atomic E-state index is 0.122. The lowest BCUT2D eigenvalue weighted by molar-refractivity contribution is -0.118. The highest BCUT2D eigenvalue weighted by Gasteiger charge is 2.42. The predicted molar refractivity (Wildman–Crippen MR) is 156 cm³/mol. The smallest absolute Gasteiger partial charge is 0.335 e. The fraction of sp³-hybridized carbons (Fsp3) is 0.172. The number of carbonyl (C=O) groups excluding carboxylic acids is 1. The molecule has 0 aliphatic carbocycles. The summed E-state index contributed by atoms with van der Waals surface area (Å²) in [6, 6.07) is 21.2. The molecular weight excluding hydrogens is 534 g/mol. The van der Waals surface area contributed by atoms with Gasteiger partial charge in [-0.2, -0.15) is 0 Å². The number of aromatic carboxylic acids is 1. The minimum Gasteiger partial charge on any atom is -0.478 e. The Balaban J connectivity index is 1.59. The highest BCUT2D eigenvalue weighted by Crippen LogP contribution is 2.43. The van der Waals surface area contributed by atoms with Gasteiger partial charge in [-0.15, -0.1) is 0 Å². The Bertz CT molecular complexity index is 1540. The quantitative estimate of drug-likeness (QED) is 0.239. The Morgan fingerprint density at radius 2 is 1.79 bits per heavy atom. The summed E-state index contributed by atoms with van der Waals surface area (Å²) in [5.41, 5.74) is 4.02. The van der Waals surface area contributed by atoms with Crippen molar-refractivity contribution in [1.82, 2.24) is 14.9 Å². The third-order valence-electron chi connectivity index (χ3n) is 6.59. The van der Waals surface area contributed by atoms with Crippen molar-refractivity contribution >= 4 is 52.2 Å². The van der Waals surface area contributed by atoms with Gasteiger partial charge in [0.25, 0.3) is 0 Å². The Labute approximate surface area is 236 Å². The number of pyridine rings is 1. The number of rotatable bonds is 7. The number of nitrogens with one attached hydrogen (secondary N) is 2. The van der Waals surface area contributed by atoms with Gasteiger partial charge in [-0.3, -0.25) is 9.78 Å². The minimum atomic E-state index is -0.981. The van der Waals surface area contributed by atoms with E-state index in [1.165, 1.54) is 0 Å². The average molecular weight is 560 g/mol. The van der Waals surface area contributed by atoms with Gasteiger partial charge in [0, 0.05) is 35.4 Å². The molecule has 10 heteroatoms. The molecule has 1 fully saturated rings. The fourth-order valence-electron chi connectivity index (χ4n) is 4.60. The van der Waals surface area contributed by atoms with Crippen LogP contribution in [0.1, 0.15) is 47.7 Å². The molecule has 4 aromatic rings. The first-order chi connectivity index (χ1) is 18.7. The molecule has 198 valence electrons. The van der Waals surface area contributed by atoms with E-state index in [9.17, 15) is 14.7 Å². The van der Waals surface area contributed by atoms with Gasteiger partial charge >= 0.3 is 5.97 Å². The number of aromatic nitrogens is 2. The zero-order valence-corrected chi connectivity index (χ0v) is 22.8. The van der Waals surface area contributed by atoms with Crippen LogP contribution in [0.2, 0.25) is 5.02 Å². The summed E-state index contributed by atoms with van der Waals surface area (Å²) in [6.45, 7) is 3.64. The number of hydrogen-bond donors (Lipinski definition) is 3. The first-order valence-corrected chi connectivity index (χ1v) is 13.1. The maximum absolute atomic E-state index is 12.2. The van der Waals surface area contributed by atoms with E-state index in [2.05, 4.69) is 15.6 Å². The second-order valence-electron chi connectivity index (χ2n) is 9.46. The second-order valence-corrected chi connectivity index (χ2v) is 10.3. The van der Waals surface area contributed by atoms with E-state index < -0.39 is 5.97 Å². The van der Waals surface area contributed by atoms with E-state index >= 15 is 0 Å². The number of carboxylic acids is 1. The van der Waals surface area contributed by atoms with Crippen LogP contribution in [0.3, 0.4) is 0 Å². The number of anilines is 2. The van der Waals surface area contributed by atoms with Crippen molar-refractivity contribution in [2.75, 3.05) is 10.2 Å². The van der Waals surface area contributed by atoms with Crippen molar-refractivity contribution in [3.8, 4) is 5.69 Å². The molecule has 3 heterocycles. The molecule has 3 N–H and O–H groups in total. The van der Waals surface area contributed by atoms with Gasteiger partial charge in [-0.25, -0.2) is 4.79 Å². The van der Waals surface area contributed by atoms with Gasteiger partial charge in [-0.1, -0.05) is 31.5 Å². The first kappa shape index (κ1) is 26.4. The fourth-order valence-corrected chi connectivity index (χ4v) is 5.17. The summed E-state index contributed by atoms with van der Waals surface area (Å²) in [5.74, 6) is -1.29. The average Bonchev–Trinajstić information content (AvgIpc) is 3.54. The molecular formula is C29H26ClN5O3S. The molecule has 0 bridgehead atoms. The molecule has 39 heavy (non-hydrogen) atoms.